The van der Waals surface area contributed by atoms with Gasteiger partial charge in [-0.15, -0.1) is 22.7 Å². The van der Waals surface area contributed by atoms with Crippen molar-refractivity contribution >= 4 is 34.3 Å². The number of ether oxygens (including phenoxy) is 1. The summed E-state index contributed by atoms with van der Waals surface area (Å²) in [5.74, 6) is -0.140. The minimum atomic E-state index is -0.140. The van der Waals surface area contributed by atoms with Gasteiger partial charge in [-0.1, -0.05) is 18.2 Å². The van der Waals surface area contributed by atoms with Gasteiger partial charge in [0, 0.05) is 24.2 Å². The second-order valence-electron chi connectivity index (χ2n) is 6.40. The highest BCUT2D eigenvalue weighted by molar-refractivity contribution is 7.20. The number of thiophene rings is 1. The normalized spacial score (nSPS) is 15.5. The standard InChI is InChI=1S/C20H21N3O2S2/c1-14(15-4-6-16(7-5-15)23-8-10-25-11-9-23)21-19(24)17-13-27-20(22-17)18-3-2-12-26-18/h2-7,12-14H,8-11H2,1H3,(H,21,24). The van der Waals surface area contributed by atoms with Crippen molar-refractivity contribution in [3.05, 3.63) is 58.4 Å². The van der Waals surface area contributed by atoms with Crippen molar-refractivity contribution in [1.29, 1.82) is 0 Å². The summed E-state index contributed by atoms with van der Waals surface area (Å²) < 4.78 is 5.40. The van der Waals surface area contributed by atoms with E-state index in [9.17, 15) is 4.79 Å². The molecule has 1 fully saturated rings. The van der Waals surface area contributed by atoms with Crippen molar-refractivity contribution in [2.75, 3.05) is 31.2 Å². The van der Waals surface area contributed by atoms with Crippen LogP contribution in [0.2, 0.25) is 0 Å². The largest absolute Gasteiger partial charge is 0.378 e. The monoisotopic (exact) mass is 399 g/mol. The molecule has 1 amide bonds. The van der Waals surface area contributed by atoms with Gasteiger partial charge in [0.2, 0.25) is 0 Å². The van der Waals surface area contributed by atoms with Crippen LogP contribution in [0.1, 0.15) is 29.0 Å². The number of hydrogen-bond donors (Lipinski definition) is 1. The zero-order valence-corrected chi connectivity index (χ0v) is 16.7. The number of anilines is 1. The first-order valence-electron chi connectivity index (χ1n) is 8.93. The van der Waals surface area contributed by atoms with Crippen LogP contribution in [-0.2, 0) is 4.74 Å². The molecule has 27 heavy (non-hydrogen) atoms. The topological polar surface area (TPSA) is 54.5 Å². The fourth-order valence-electron chi connectivity index (χ4n) is 3.04. The molecule has 1 N–H and O–H groups in total. The highest BCUT2D eigenvalue weighted by atomic mass is 32.1. The van der Waals surface area contributed by atoms with Gasteiger partial charge >= 0.3 is 0 Å². The van der Waals surface area contributed by atoms with Crippen LogP contribution in [0.15, 0.2) is 47.2 Å². The minimum absolute atomic E-state index is 0.0804. The van der Waals surface area contributed by atoms with Gasteiger partial charge in [0.15, 0.2) is 0 Å². The number of carbonyl (C=O) groups excluding carboxylic acids is 1. The SMILES string of the molecule is CC(NC(=O)c1csc(-c2cccs2)n1)c1ccc(N2CCOCC2)cc1. The molecule has 5 nitrogen and oxygen atoms in total. The van der Waals surface area contributed by atoms with Crippen LogP contribution in [0.4, 0.5) is 5.69 Å². The Balaban J connectivity index is 1.39. The Morgan fingerprint density at radius 3 is 2.67 bits per heavy atom. The number of aromatic nitrogens is 1. The molecule has 1 atom stereocenters. The first-order chi connectivity index (χ1) is 13.2. The first-order valence-corrected chi connectivity index (χ1v) is 10.7. The molecular weight excluding hydrogens is 378 g/mol. The van der Waals surface area contributed by atoms with E-state index in [1.807, 2.05) is 29.8 Å². The third-order valence-corrected chi connectivity index (χ3v) is 6.47. The molecule has 1 aromatic carbocycles. The third kappa shape index (κ3) is 4.21. The van der Waals surface area contributed by atoms with Gasteiger partial charge in [-0.2, -0.15) is 0 Å². The quantitative estimate of drug-likeness (QED) is 0.699. The zero-order valence-electron chi connectivity index (χ0n) is 15.1. The summed E-state index contributed by atoms with van der Waals surface area (Å²) in [4.78, 5) is 20.4. The summed E-state index contributed by atoms with van der Waals surface area (Å²) in [6.45, 7) is 5.38. The number of benzene rings is 1. The summed E-state index contributed by atoms with van der Waals surface area (Å²) in [5, 5.41) is 7.76. The predicted molar refractivity (Wildman–Crippen MR) is 111 cm³/mol. The van der Waals surface area contributed by atoms with Crippen LogP contribution in [0.25, 0.3) is 9.88 Å². The number of thiazole rings is 1. The number of hydrogen-bond acceptors (Lipinski definition) is 6. The predicted octanol–water partition coefficient (Wildman–Crippen LogP) is 4.20. The Morgan fingerprint density at radius 2 is 1.96 bits per heavy atom. The smallest absolute Gasteiger partial charge is 0.271 e. The van der Waals surface area contributed by atoms with E-state index in [-0.39, 0.29) is 11.9 Å². The van der Waals surface area contributed by atoms with Crippen molar-refractivity contribution in [2.24, 2.45) is 0 Å². The van der Waals surface area contributed by atoms with Crippen LogP contribution in [0.3, 0.4) is 0 Å². The van der Waals surface area contributed by atoms with E-state index >= 15 is 0 Å². The molecule has 0 radical (unpaired) electrons. The molecule has 1 saturated heterocycles. The Bertz CT molecular complexity index is 884. The van der Waals surface area contributed by atoms with Crippen LogP contribution in [0, 0.1) is 0 Å². The third-order valence-electron chi connectivity index (χ3n) is 4.59. The molecule has 0 saturated carbocycles. The number of carbonyl (C=O) groups is 1. The second kappa shape index (κ2) is 8.21. The van der Waals surface area contributed by atoms with Crippen LogP contribution in [-0.4, -0.2) is 37.2 Å². The molecule has 3 aromatic rings. The van der Waals surface area contributed by atoms with E-state index in [0.717, 1.165) is 41.8 Å². The number of nitrogens with one attached hydrogen (secondary N) is 1. The molecule has 0 spiro atoms. The second-order valence-corrected chi connectivity index (χ2v) is 8.21. The molecule has 0 aliphatic carbocycles. The number of nitrogens with zero attached hydrogens (tertiary/aromatic N) is 2. The molecule has 1 aliphatic heterocycles. The van der Waals surface area contributed by atoms with E-state index in [0.29, 0.717) is 5.69 Å². The van der Waals surface area contributed by atoms with Crippen LogP contribution < -0.4 is 10.2 Å². The average molecular weight is 400 g/mol. The highest BCUT2D eigenvalue weighted by Crippen LogP contribution is 2.28. The van der Waals surface area contributed by atoms with E-state index in [2.05, 4.69) is 39.5 Å². The van der Waals surface area contributed by atoms with Gasteiger partial charge in [0.1, 0.15) is 10.7 Å². The van der Waals surface area contributed by atoms with E-state index in [1.54, 1.807) is 11.3 Å². The van der Waals surface area contributed by atoms with E-state index < -0.39 is 0 Å². The molecule has 140 valence electrons. The number of amides is 1. The fourth-order valence-corrected chi connectivity index (χ4v) is 4.65. The van der Waals surface area contributed by atoms with Crippen molar-refractivity contribution in [3.63, 3.8) is 0 Å². The van der Waals surface area contributed by atoms with Crippen molar-refractivity contribution < 1.29 is 9.53 Å². The molecule has 4 rings (SSSR count). The maximum absolute atomic E-state index is 12.5. The fraction of sp³-hybridized carbons (Fsp3) is 0.300. The van der Waals surface area contributed by atoms with Gasteiger partial charge in [-0.3, -0.25) is 4.79 Å². The van der Waals surface area contributed by atoms with Crippen molar-refractivity contribution in [1.82, 2.24) is 10.3 Å². The van der Waals surface area contributed by atoms with Gasteiger partial charge in [-0.25, -0.2) is 4.98 Å². The molecule has 7 heteroatoms. The molecule has 1 aliphatic rings. The Kier molecular flexibility index (Phi) is 5.52. The summed E-state index contributed by atoms with van der Waals surface area (Å²) in [5.41, 5.74) is 2.75. The van der Waals surface area contributed by atoms with E-state index in [1.165, 1.54) is 17.0 Å². The number of morpholine rings is 1. The number of rotatable bonds is 5. The van der Waals surface area contributed by atoms with Gasteiger partial charge in [0.25, 0.3) is 5.91 Å². The lowest BCUT2D eigenvalue weighted by atomic mass is 10.1. The lowest BCUT2D eigenvalue weighted by molar-refractivity contribution is 0.0935. The summed E-state index contributed by atoms with van der Waals surface area (Å²) in [7, 11) is 0. The van der Waals surface area contributed by atoms with Gasteiger partial charge in [0.05, 0.1) is 24.1 Å². The molecule has 3 heterocycles. The van der Waals surface area contributed by atoms with Gasteiger partial charge < -0.3 is 15.0 Å². The van der Waals surface area contributed by atoms with Crippen LogP contribution in [0.5, 0.6) is 0 Å². The molecular formula is C20H21N3O2S2. The maximum Gasteiger partial charge on any atom is 0.271 e. The Morgan fingerprint density at radius 1 is 1.19 bits per heavy atom. The Hall–Kier alpha value is -2.22. The average Bonchev–Trinajstić information content (AvgIpc) is 3.40. The lowest BCUT2D eigenvalue weighted by Crippen LogP contribution is -2.36. The molecule has 0 bridgehead atoms. The summed E-state index contributed by atoms with van der Waals surface area (Å²) in [6, 6.07) is 12.3. The first kappa shape index (κ1) is 18.2. The van der Waals surface area contributed by atoms with Crippen molar-refractivity contribution in [3.8, 4) is 9.88 Å². The van der Waals surface area contributed by atoms with E-state index in [4.69, 9.17) is 4.74 Å². The molecule has 2 aromatic heterocycles. The van der Waals surface area contributed by atoms with Gasteiger partial charge in [-0.05, 0) is 36.1 Å². The van der Waals surface area contributed by atoms with Crippen molar-refractivity contribution in [2.45, 2.75) is 13.0 Å². The van der Waals surface area contributed by atoms with Crippen LogP contribution >= 0.6 is 22.7 Å². The molecule has 1 unspecified atom stereocenters. The minimum Gasteiger partial charge on any atom is -0.378 e. The highest BCUT2D eigenvalue weighted by Gasteiger charge is 2.16. The maximum atomic E-state index is 12.5. The lowest BCUT2D eigenvalue weighted by Gasteiger charge is -2.29. The summed E-state index contributed by atoms with van der Waals surface area (Å²) in [6.07, 6.45) is 0. The Labute approximate surface area is 166 Å². The zero-order chi connectivity index (χ0) is 18.6. The summed E-state index contributed by atoms with van der Waals surface area (Å²) >= 11 is 3.13.